The third-order valence-electron chi connectivity index (χ3n) is 5.02. The molecule has 0 aromatic heterocycles. The molecule has 0 spiro atoms. The Bertz CT molecular complexity index is 1040. The largest absolute Gasteiger partial charge is 1.00 e. The van der Waals surface area contributed by atoms with Gasteiger partial charge in [-0.25, -0.2) is 17.6 Å². The van der Waals surface area contributed by atoms with Crippen LogP contribution < -0.4 is 29.6 Å². The van der Waals surface area contributed by atoms with E-state index in [-0.39, 0.29) is 61.7 Å². The Kier molecular flexibility index (Phi) is 12.2. The molecule has 0 bridgehead atoms. The first kappa shape index (κ1) is 32.4. The predicted molar refractivity (Wildman–Crippen MR) is 129 cm³/mol. The summed E-state index contributed by atoms with van der Waals surface area (Å²) >= 11 is 12.5. The van der Waals surface area contributed by atoms with Crippen LogP contribution in [-0.2, 0) is 0 Å². The minimum atomic E-state index is -1.13. The molecule has 0 fully saturated rings. The molecular formula is C20H13BBr4F4NaO4. The molecule has 4 nitrogen and oxygen atoms in total. The Morgan fingerprint density at radius 1 is 0.647 bits per heavy atom. The Hall–Kier alpha value is 0.405. The third-order valence-corrected chi connectivity index (χ3v) is 10.5. The number of fused-ring (bicyclic) bond motifs is 2. The molecule has 0 saturated heterocycles. The Morgan fingerprint density at radius 2 is 0.912 bits per heavy atom. The van der Waals surface area contributed by atoms with E-state index in [1.165, 1.54) is 0 Å². The summed E-state index contributed by atoms with van der Waals surface area (Å²) in [6.07, 6.45) is -1.98. The van der Waals surface area contributed by atoms with Crippen molar-refractivity contribution < 1.29 is 68.3 Å². The van der Waals surface area contributed by atoms with Crippen molar-refractivity contribution in [1.82, 2.24) is 0 Å². The van der Waals surface area contributed by atoms with Gasteiger partial charge in [0.25, 0.3) is 0 Å². The molecule has 0 heterocycles. The molecule has 2 aromatic carbocycles. The van der Waals surface area contributed by atoms with E-state index >= 15 is 0 Å². The quantitative estimate of drug-likeness (QED) is 0.247. The Balaban J connectivity index is 0.000000608. The molecule has 6 unspecified atom stereocenters. The SMILES string of the molecule is O=C1c2cc(F)c(F)cc2C(=O)C(Br)C1Br.OC1c2cc(F)c(F)cc2C(O)C(Br)C1Br.[B].[H-].[Na+]. The van der Waals surface area contributed by atoms with Crippen molar-refractivity contribution >= 4 is 83.7 Å². The number of aliphatic hydroxyl groups excluding tert-OH is 2. The summed E-state index contributed by atoms with van der Waals surface area (Å²) in [5.41, 5.74) is 0.260. The van der Waals surface area contributed by atoms with Crippen LogP contribution >= 0.6 is 63.7 Å². The van der Waals surface area contributed by atoms with E-state index in [9.17, 15) is 37.4 Å². The van der Waals surface area contributed by atoms with Crippen LogP contribution in [0.25, 0.3) is 0 Å². The van der Waals surface area contributed by atoms with E-state index < -0.39 is 66.4 Å². The van der Waals surface area contributed by atoms with E-state index in [0.717, 1.165) is 24.3 Å². The van der Waals surface area contributed by atoms with Crippen LogP contribution in [0, 0.1) is 23.3 Å². The number of carbonyl (C=O) groups is 2. The monoisotopic (exact) mass is 743 g/mol. The zero-order valence-corrected chi connectivity index (χ0v) is 25.4. The van der Waals surface area contributed by atoms with Crippen LogP contribution in [0.2, 0.25) is 0 Å². The summed E-state index contributed by atoms with van der Waals surface area (Å²) < 4.78 is 52.0. The Morgan fingerprint density at radius 3 is 1.21 bits per heavy atom. The molecule has 0 amide bonds. The van der Waals surface area contributed by atoms with Gasteiger partial charge in [0.1, 0.15) is 0 Å². The summed E-state index contributed by atoms with van der Waals surface area (Å²) in [5, 5.41) is 19.7. The molecule has 0 saturated carbocycles. The van der Waals surface area contributed by atoms with E-state index in [1.54, 1.807) is 0 Å². The van der Waals surface area contributed by atoms with Crippen LogP contribution in [0.1, 0.15) is 45.5 Å². The molecule has 34 heavy (non-hydrogen) atoms. The number of hydrogen-bond donors (Lipinski definition) is 2. The van der Waals surface area contributed by atoms with Crippen LogP contribution in [0.3, 0.4) is 0 Å². The second kappa shape index (κ2) is 12.8. The van der Waals surface area contributed by atoms with Gasteiger partial charge < -0.3 is 11.6 Å². The number of Topliss-reactive ketones (excluding diaryl/α,β-unsaturated/α-hetero) is 2. The van der Waals surface area contributed by atoms with Gasteiger partial charge in [0.05, 0.1) is 31.5 Å². The maximum Gasteiger partial charge on any atom is 1.00 e. The summed E-state index contributed by atoms with van der Waals surface area (Å²) in [7, 11) is 0. The predicted octanol–water partition coefficient (Wildman–Crippen LogP) is 2.18. The van der Waals surface area contributed by atoms with Gasteiger partial charge in [0.2, 0.25) is 0 Å². The van der Waals surface area contributed by atoms with Gasteiger partial charge in [-0.3, -0.25) is 9.59 Å². The van der Waals surface area contributed by atoms with Gasteiger partial charge in [-0.15, -0.1) is 0 Å². The van der Waals surface area contributed by atoms with Crippen molar-refractivity contribution in [2.75, 3.05) is 0 Å². The summed E-state index contributed by atoms with van der Waals surface area (Å²) in [6, 6.07) is 3.37. The second-order valence-electron chi connectivity index (χ2n) is 7.02. The van der Waals surface area contributed by atoms with Crippen molar-refractivity contribution in [3.8, 4) is 0 Å². The maximum atomic E-state index is 13.0. The van der Waals surface area contributed by atoms with Crippen molar-refractivity contribution in [3.05, 3.63) is 69.8 Å². The van der Waals surface area contributed by atoms with E-state index in [1.807, 2.05) is 0 Å². The zero-order chi connectivity index (χ0) is 24.1. The molecule has 2 N–H and O–H groups in total. The first-order valence-corrected chi connectivity index (χ1v) is 12.5. The van der Waals surface area contributed by atoms with E-state index in [4.69, 9.17) is 0 Å². The van der Waals surface area contributed by atoms with Gasteiger partial charge in [0.15, 0.2) is 34.8 Å². The number of benzene rings is 2. The molecule has 2 aliphatic rings. The zero-order valence-electron chi connectivity index (χ0n) is 18.1. The summed E-state index contributed by atoms with van der Waals surface area (Å²) in [4.78, 5) is 21.0. The fourth-order valence-corrected chi connectivity index (χ4v) is 5.42. The molecule has 177 valence electrons. The van der Waals surface area contributed by atoms with Crippen molar-refractivity contribution in [1.29, 1.82) is 0 Å². The van der Waals surface area contributed by atoms with Gasteiger partial charge >= 0.3 is 29.6 Å². The minimum absolute atomic E-state index is 0. The molecule has 2 aliphatic carbocycles. The standard InChI is InChI=1S/C10H8Br2F2O2.C10H4Br2F2O2.B.Na.H/c2*11-7-8(12)10(16)4-2-6(14)5(13)1-3(4)9(7)15;;;/h1-2,7-10,15-16H;1-2,7-8H;;;/q;;;+1;-1. The molecule has 4 rings (SSSR count). The van der Waals surface area contributed by atoms with Crippen molar-refractivity contribution in [3.63, 3.8) is 0 Å². The van der Waals surface area contributed by atoms with Gasteiger partial charge in [-0.2, -0.15) is 0 Å². The fourth-order valence-electron chi connectivity index (χ4n) is 3.30. The molecule has 6 atom stereocenters. The Labute approximate surface area is 251 Å². The summed E-state index contributed by atoms with van der Waals surface area (Å²) in [5.74, 6) is -5.19. The molecular weight excluding hydrogens is 734 g/mol. The molecule has 0 aliphatic heterocycles. The second-order valence-corrected chi connectivity index (χ2v) is 11.1. The maximum absolute atomic E-state index is 13.0. The van der Waals surface area contributed by atoms with Crippen LogP contribution in [-0.4, -0.2) is 49.5 Å². The number of rotatable bonds is 0. The molecule has 2 aromatic rings. The number of carbonyl (C=O) groups excluding carboxylic acids is 2. The van der Waals surface area contributed by atoms with Gasteiger partial charge in [-0.05, 0) is 35.4 Å². The summed E-state index contributed by atoms with van der Waals surface area (Å²) in [6.45, 7) is 0. The number of aliphatic hydroxyl groups is 2. The van der Waals surface area contributed by atoms with Crippen molar-refractivity contribution in [2.24, 2.45) is 0 Å². The van der Waals surface area contributed by atoms with Crippen LogP contribution in [0.5, 0.6) is 0 Å². The average Bonchev–Trinajstić information content (AvgIpc) is 2.76. The minimum Gasteiger partial charge on any atom is -1.00 e. The van der Waals surface area contributed by atoms with E-state index in [2.05, 4.69) is 63.7 Å². The molecule has 14 heteroatoms. The number of ketones is 2. The van der Waals surface area contributed by atoms with Crippen LogP contribution in [0.4, 0.5) is 17.6 Å². The average molecular weight is 747 g/mol. The number of hydrogen-bond acceptors (Lipinski definition) is 4. The van der Waals surface area contributed by atoms with Gasteiger partial charge in [0, 0.05) is 19.5 Å². The van der Waals surface area contributed by atoms with Crippen molar-refractivity contribution in [2.45, 2.75) is 31.5 Å². The smallest absolute Gasteiger partial charge is 1.00 e. The van der Waals surface area contributed by atoms with E-state index in [0.29, 0.717) is 0 Å². The normalized spacial score (nSPS) is 27.4. The fraction of sp³-hybridized carbons (Fsp3) is 0.300. The molecule has 3 radical (unpaired) electrons. The topological polar surface area (TPSA) is 74.6 Å². The third kappa shape index (κ3) is 6.10. The van der Waals surface area contributed by atoms with Crippen LogP contribution in [0.15, 0.2) is 24.3 Å². The first-order chi connectivity index (χ1) is 14.9. The van der Waals surface area contributed by atoms with Gasteiger partial charge in [-0.1, -0.05) is 63.7 Å². The number of alkyl halides is 4. The number of halogens is 8. The first-order valence-electron chi connectivity index (χ1n) is 8.85.